The first-order valence-electron chi connectivity index (χ1n) is 9.04. The molecule has 1 aromatic heterocycles. The van der Waals surface area contributed by atoms with Crippen molar-refractivity contribution >= 4 is 46.3 Å². The number of Topliss-reactive ketones (excluding diaryl/α,β-unsaturated/α-hetero) is 1. The zero-order chi connectivity index (χ0) is 22.0. The summed E-state index contributed by atoms with van der Waals surface area (Å²) < 4.78 is 15.6. The van der Waals surface area contributed by atoms with Gasteiger partial charge in [-0.3, -0.25) is 9.59 Å². The van der Waals surface area contributed by atoms with Crippen LogP contribution in [-0.2, 0) is 9.53 Å². The van der Waals surface area contributed by atoms with E-state index in [0.29, 0.717) is 21.5 Å². The number of amides is 1. The normalized spacial score (nSPS) is 11.8. The number of anilines is 1. The van der Waals surface area contributed by atoms with Crippen LogP contribution in [0.2, 0.25) is 5.02 Å². The Morgan fingerprint density at radius 1 is 1.19 bits per heavy atom. The Morgan fingerprint density at radius 2 is 1.97 bits per heavy atom. The monoisotopic (exact) mass is 458 g/mol. The average molecular weight is 459 g/mol. The van der Waals surface area contributed by atoms with Crippen LogP contribution in [0, 0.1) is 0 Å². The first-order chi connectivity index (χ1) is 14.9. The number of hydrogen-bond donors (Lipinski definition) is 1. The third-order valence-electron chi connectivity index (χ3n) is 4.29. The molecule has 0 saturated carbocycles. The maximum Gasteiger partial charge on any atom is 0.358 e. The Balaban J connectivity index is 1.40. The topological polar surface area (TPSA) is 104 Å². The first-order valence-corrected chi connectivity index (χ1v) is 10.3. The van der Waals surface area contributed by atoms with Gasteiger partial charge in [-0.2, -0.15) is 0 Å². The highest BCUT2D eigenvalue weighted by Crippen LogP contribution is 2.37. The molecular weight excluding hydrogens is 444 g/mol. The van der Waals surface area contributed by atoms with Crippen LogP contribution in [0.5, 0.6) is 11.5 Å². The van der Waals surface area contributed by atoms with E-state index in [1.165, 1.54) is 30.4 Å². The number of thiazole rings is 1. The second kappa shape index (κ2) is 8.75. The van der Waals surface area contributed by atoms with Crippen molar-refractivity contribution in [1.82, 2.24) is 4.98 Å². The fraction of sp³-hybridized carbons (Fsp3) is 0.143. The molecule has 2 heterocycles. The lowest BCUT2D eigenvalue weighted by atomic mass is 10.1. The molecule has 0 aliphatic carbocycles. The van der Waals surface area contributed by atoms with Crippen LogP contribution in [0.15, 0.2) is 41.8 Å². The number of halogens is 1. The number of carbonyl (C=O) groups excluding carboxylic acids is 3. The largest absolute Gasteiger partial charge is 0.454 e. The molecule has 3 aromatic rings. The van der Waals surface area contributed by atoms with Gasteiger partial charge in [0.1, 0.15) is 5.01 Å². The van der Waals surface area contributed by atoms with Gasteiger partial charge in [-0.25, -0.2) is 9.78 Å². The number of fused-ring (bicyclic) bond motifs is 1. The van der Waals surface area contributed by atoms with Crippen molar-refractivity contribution in [2.75, 3.05) is 18.7 Å². The van der Waals surface area contributed by atoms with Gasteiger partial charge in [-0.1, -0.05) is 23.7 Å². The van der Waals surface area contributed by atoms with Crippen LogP contribution in [0.4, 0.5) is 5.69 Å². The second-order valence-corrected chi connectivity index (χ2v) is 7.77. The van der Waals surface area contributed by atoms with Gasteiger partial charge in [0.2, 0.25) is 6.79 Å². The van der Waals surface area contributed by atoms with Crippen LogP contribution in [-0.4, -0.2) is 36.0 Å². The van der Waals surface area contributed by atoms with E-state index in [4.69, 9.17) is 25.8 Å². The highest BCUT2D eigenvalue weighted by molar-refractivity contribution is 7.13. The first kappa shape index (κ1) is 20.8. The lowest BCUT2D eigenvalue weighted by molar-refractivity contribution is -0.119. The molecule has 158 valence electrons. The molecule has 1 aliphatic heterocycles. The summed E-state index contributed by atoms with van der Waals surface area (Å²) in [7, 11) is 0. The summed E-state index contributed by atoms with van der Waals surface area (Å²) in [5.74, 6) is -0.777. The van der Waals surface area contributed by atoms with E-state index in [0.717, 1.165) is 5.56 Å². The molecule has 0 atom stereocenters. The second-order valence-electron chi connectivity index (χ2n) is 6.48. The van der Waals surface area contributed by atoms with Gasteiger partial charge < -0.3 is 19.5 Å². The number of carbonyl (C=O) groups is 3. The molecule has 1 N–H and O–H groups in total. The van der Waals surface area contributed by atoms with Gasteiger partial charge in [0.05, 0.1) is 5.69 Å². The van der Waals surface area contributed by atoms with E-state index in [2.05, 4.69) is 10.3 Å². The maximum atomic E-state index is 12.3. The number of ether oxygens (including phenoxy) is 3. The quantitative estimate of drug-likeness (QED) is 0.436. The van der Waals surface area contributed by atoms with Crippen molar-refractivity contribution in [3.05, 3.63) is 58.1 Å². The van der Waals surface area contributed by atoms with E-state index in [1.807, 2.05) is 6.07 Å². The van der Waals surface area contributed by atoms with Crippen molar-refractivity contribution in [1.29, 1.82) is 0 Å². The fourth-order valence-electron chi connectivity index (χ4n) is 2.85. The van der Waals surface area contributed by atoms with Crippen LogP contribution >= 0.6 is 22.9 Å². The van der Waals surface area contributed by atoms with E-state index >= 15 is 0 Å². The smallest absolute Gasteiger partial charge is 0.358 e. The molecule has 0 bridgehead atoms. The summed E-state index contributed by atoms with van der Waals surface area (Å²) in [4.78, 5) is 40.7. The third kappa shape index (κ3) is 4.68. The minimum absolute atomic E-state index is 0.0342. The number of nitrogens with zero attached hydrogens (tertiary/aromatic N) is 1. The van der Waals surface area contributed by atoms with Gasteiger partial charge >= 0.3 is 5.97 Å². The summed E-state index contributed by atoms with van der Waals surface area (Å²) in [5.41, 5.74) is 1.36. The lowest BCUT2D eigenvalue weighted by Crippen LogP contribution is -2.22. The van der Waals surface area contributed by atoms with E-state index in [-0.39, 0.29) is 29.5 Å². The Labute approximate surface area is 185 Å². The Hall–Kier alpha value is -3.43. The molecule has 0 unspecified atom stereocenters. The van der Waals surface area contributed by atoms with Gasteiger partial charge in [-0.15, -0.1) is 11.3 Å². The Bertz CT molecular complexity index is 1190. The molecule has 2 aromatic carbocycles. The molecule has 0 spiro atoms. The number of benzene rings is 2. The predicted octanol–water partition coefficient (Wildman–Crippen LogP) is 4.19. The molecule has 0 saturated heterocycles. The van der Waals surface area contributed by atoms with Crippen LogP contribution in [0.25, 0.3) is 10.6 Å². The van der Waals surface area contributed by atoms with Crippen molar-refractivity contribution in [2.24, 2.45) is 0 Å². The van der Waals surface area contributed by atoms with Crippen molar-refractivity contribution in [3.8, 4) is 22.1 Å². The molecule has 0 fully saturated rings. The lowest BCUT2D eigenvalue weighted by Gasteiger charge is -2.10. The van der Waals surface area contributed by atoms with Crippen molar-refractivity contribution < 1.29 is 28.6 Å². The number of aromatic nitrogens is 1. The Morgan fingerprint density at radius 3 is 2.71 bits per heavy atom. The van der Waals surface area contributed by atoms with Gasteiger partial charge in [0.25, 0.3) is 5.91 Å². The van der Waals surface area contributed by atoms with Gasteiger partial charge in [0.15, 0.2) is 29.6 Å². The van der Waals surface area contributed by atoms with Gasteiger partial charge in [0, 0.05) is 27.6 Å². The van der Waals surface area contributed by atoms with Crippen LogP contribution in [0.3, 0.4) is 0 Å². The van der Waals surface area contributed by atoms with Crippen molar-refractivity contribution in [2.45, 2.75) is 6.92 Å². The summed E-state index contributed by atoms with van der Waals surface area (Å²) in [6, 6.07) is 10.1. The van der Waals surface area contributed by atoms with Crippen molar-refractivity contribution in [3.63, 3.8) is 0 Å². The third-order valence-corrected chi connectivity index (χ3v) is 5.41. The zero-order valence-corrected chi connectivity index (χ0v) is 17.7. The summed E-state index contributed by atoms with van der Waals surface area (Å²) in [5, 5.41) is 5.26. The number of ketones is 1. The summed E-state index contributed by atoms with van der Waals surface area (Å²) in [6.45, 7) is 0.855. The zero-order valence-electron chi connectivity index (χ0n) is 16.1. The minimum Gasteiger partial charge on any atom is -0.454 e. The van der Waals surface area contributed by atoms with E-state index in [1.54, 1.807) is 23.6 Å². The molecule has 10 heteroatoms. The molecule has 4 rings (SSSR count). The van der Waals surface area contributed by atoms with E-state index in [9.17, 15) is 14.4 Å². The Kier molecular flexibility index (Phi) is 5.88. The van der Waals surface area contributed by atoms with Gasteiger partial charge in [-0.05, 0) is 25.1 Å². The molecular formula is C21H15ClN2O6S. The highest BCUT2D eigenvalue weighted by atomic mass is 35.5. The summed E-state index contributed by atoms with van der Waals surface area (Å²) >= 11 is 7.24. The standard InChI is InChI=1S/C21H15ClN2O6S/c1-11(25)14-6-17-18(30-10-29-17)7-15(14)23-19(26)8-28-21(27)16-9-31-20(24-16)12-3-2-4-13(22)5-12/h2-7,9H,8,10H2,1H3,(H,23,26). The molecule has 31 heavy (non-hydrogen) atoms. The molecule has 1 amide bonds. The maximum absolute atomic E-state index is 12.3. The molecule has 0 radical (unpaired) electrons. The number of nitrogens with one attached hydrogen (secondary N) is 1. The minimum atomic E-state index is -0.739. The van der Waals surface area contributed by atoms with Crippen LogP contribution < -0.4 is 14.8 Å². The fourth-order valence-corrected chi connectivity index (χ4v) is 3.83. The van der Waals surface area contributed by atoms with E-state index < -0.39 is 18.5 Å². The molecule has 1 aliphatic rings. The average Bonchev–Trinajstić information content (AvgIpc) is 3.40. The SMILES string of the molecule is CC(=O)c1cc2c(cc1NC(=O)COC(=O)c1csc(-c3cccc(Cl)c3)n1)OCO2. The molecule has 8 nitrogen and oxygen atoms in total. The van der Waals surface area contributed by atoms with Crippen LogP contribution in [0.1, 0.15) is 27.8 Å². The number of rotatable bonds is 6. The highest BCUT2D eigenvalue weighted by Gasteiger charge is 2.21. The number of esters is 1. The summed E-state index contributed by atoms with van der Waals surface area (Å²) in [6.07, 6.45) is 0. The predicted molar refractivity (Wildman–Crippen MR) is 114 cm³/mol. The number of hydrogen-bond acceptors (Lipinski definition) is 8.